The summed E-state index contributed by atoms with van der Waals surface area (Å²) >= 11 is 0. The molecular formula is C8H15NO6. The summed E-state index contributed by atoms with van der Waals surface area (Å²) in [4.78, 5) is 10.5. The molecule has 7 heteroatoms. The molecule has 1 unspecified atom stereocenters. The van der Waals surface area contributed by atoms with Crippen molar-refractivity contribution in [1.82, 2.24) is 0 Å². The molecule has 1 aliphatic heterocycles. The topological polar surface area (TPSA) is 122 Å². The molecule has 0 saturated carbocycles. The zero-order chi connectivity index (χ0) is 11.6. The first-order chi connectivity index (χ1) is 6.93. The average Bonchev–Trinajstić information content (AvgIpc) is 2.18. The van der Waals surface area contributed by atoms with Gasteiger partial charge in [-0.1, -0.05) is 0 Å². The Morgan fingerprint density at radius 3 is 2.47 bits per heavy atom. The number of rotatable bonds is 2. The van der Waals surface area contributed by atoms with E-state index in [2.05, 4.69) is 4.74 Å². The first-order valence-corrected chi connectivity index (χ1v) is 4.52. The lowest BCUT2D eigenvalue weighted by Gasteiger charge is -2.38. The smallest absolute Gasteiger partial charge is 0.302 e. The van der Waals surface area contributed by atoms with Gasteiger partial charge in [-0.2, -0.15) is 0 Å². The number of hydrogen-bond acceptors (Lipinski definition) is 7. The lowest BCUT2D eigenvalue weighted by Crippen LogP contribution is -2.61. The van der Waals surface area contributed by atoms with Gasteiger partial charge in [0.15, 0.2) is 0 Å². The maximum Gasteiger partial charge on any atom is 0.302 e. The van der Waals surface area contributed by atoms with E-state index in [0.717, 1.165) is 0 Å². The minimum atomic E-state index is -1.41. The van der Waals surface area contributed by atoms with E-state index in [1.54, 1.807) is 0 Å². The Labute approximate surface area is 86.4 Å². The highest BCUT2D eigenvalue weighted by atomic mass is 16.6. The molecule has 1 saturated heterocycles. The number of nitrogens with two attached hydrogens (primary N) is 1. The fraction of sp³-hybridized carbons (Fsp3) is 0.875. The van der Waals surface area contributed by atoms with Crippen LogP contribution in [0, 0.1) is 0 Å². The summed E-state index contributed by atoms with van der Waals surface area (Å²) < 4.78 is 9.58. The van der Waals surface area contributed by atoms with Crippen molar-refractivity contribution in [3.05, 3.63) is 0 Å². The molecule has 0 radical (unpaired) electrons. The van der Waals surface area contributed by atoms with Crippen LogP contribution in [0.1, 0.15) is 6.92 Å². The summed E-state index contributed by atoms with van der Waals surface area (Å²) in [7, 11) is 0. The van der Waals surface area contributed by atoms with Crippen molar-refractivity contribution in [2.75, 3.05) is 6.61 Å². The minimum Gasteiger partial charge on any atom is -0.463 e. The molecule has 0 spiro atoms. The summed E-state index contributed by atoms with van der Waals surface area (Å²) in [5.74, 6) is -0.528. The molecule has 7 nitrogen and oxygen atoms in total. The molecule has 1 fully saturated rings. The molecule has 5 atom stereocenters. The summed E-state index contributed by atoms with van der Waals surface area (Å²) in [6.07, 6.45) is -6.13. The van der Waals surface area contributed by atoms with E-state index in [9.17, 15) is 20.1 Å². The highest BCUT2D eigenvalue weighted by molar-refractivity contribution is 5.65. The van der Waals surface area contributed by atoms with E-state index in [0.29, 0.717) is 0 Å². The molecule has 0 aromatic rings. The molecule has 0 aromatic heterocycles. The molecule has 0 bridgehead atoms. The van der Waals surface area contributed by atoms with Crippen molar-refractivity contribution < 1.29 is 29.6 Å². The third kappa shape index (κ3) is 2.86. The van der Waals surface area contributed by atoms with Crippen molar-refractivity contribution in [2.24, 2.45) is 5.73 Å². The maximum absolute atomic E-state index is 10.5. The lowest BCUT2D eigenvalue weighted by atomic mass is 9.99. The Kier molecular flexibility index (Phi) is 4.00. The van der Waals surface area contributed by atoms with Crippen molar-refractivity contribution >= 4 is 5.97 Å². The van der Waals surface area contributed by atoms with E-state index in [1.165, 1.54) is 6.92 Å². The van der Waals surface area contributed by atoms with Crippen molar-refractivity contribution in [3.63, 3.8) is 0 Å². The van der Waals surface area contributed by atoms with Crippen LogP contribution in [0.5, 0.6) is 0 Å². The summed E-state index contributed by atoms with van der Waals surface area (Å²) in [5, 5.41) is 28.1. The van der Waals surface area contributed by atoms with E-state index in [-0.39, 0.29) is 6.61 Å². The molecule has 0 aromatic carbocycles. The Morgan fingerprint density at radius 2 is 1.93 bits per heavy atom. The molecule has 88 valence electrons. The van der Waals surface area contributed by atoms with Crippen LogP contribution < -0.4 is 5.73 Å². The summed E-state index contributed by atoms with van der Waals surface area (Å²) in [6, 6.07) is 0. The van der Waals surface area contributed by atoms with Crippen LogP contribution in [0.2, 0.25) is 0 Å². The van der Waals surface area contributed by atoms with Crippen LogP contribution in [0.3, 0.4) is 0 Å². The standard InChI is InChI=1S/C8H15NO6/c1-3(10)14-2-4-5(11)6(12)7(13)8(9)15-4/h4-8,11-13H,2,9H2,1H3/t4-,5-,6+,7-,8?/m1/s1. The zero-order valence-corrected chi connectivity index (χ0v) is 8.24. The molecule has 15 heavy (non-hydrogen) atoms. The predicted octanol–water partition coefficient (Wildman–Crippen LogP) is -2.68. The second kappa shape index (κ2) is 4.86. The number of carbonyl (C=O) groups excluding carboxylic acids is 1. The number of carbonyl (C=O) groups is 1. The second-order valence-electron chi connectivity index (χ2n) is 3.41. The Hall–Kier alpha value is -0.730. The third-order valence-electron chi connectivity index (χ3n) is 2.20. The Morgan fingerprint density at radius 1 is 1.33 bits per heavy atom. The highest BCUT2D eigenvalue weighted by Gasteiger charge is 2.42. The van der Waals surface area contributed by atoms with Gasteiger partial charge >= 0.3 is 5.97 Å². The van der Waals surface area contributed by atoms with E-state index in [4.69, 9.17) is 10.5 Å². The van der Waals surface area contributed by atoms with E-state index >= 15 is 0 Å². The number of aliphatic hydroxyl groups is 3. The van der Waals surface area contributed by atoms with Gasteiger partial charge in [-0.15, -0.1) is 0 Å². The fourth-order valence-corrected chi connectivity index (χ4v) is 1.32. The second-order valence-corrected chi connectivity index (χ2v) is 3.41. The largest absolute Gasteiger partial charge is 0.463 e. The first kappa shape index (κ1) is 12.3. The van der Waals surface area contributed by atoms with Gasteiger partial charge in [0.25, 0.3) is 0 Å². The number of aliphatic hydroxyl groups excluding tert-OH is 3. The van der Waals surface area contributed by atoms with Gasteiger partial charge in [0.1, 0.15) is 37.3 Å². The normalized spacial score (nSPS) is 41.3. The molecular weight excluding hydrogens is 206 g/mol. The van der Waals surface area contributed by atoms with Crippen LogP contribution in [-0.2, 0) is 14.3 Å². The van der Waals surface area contributed by atoms with Crippen LogP contribution in [0.25, 0.3) is 0 Å². The third-order valence-corrected chi connectivity index (χ3v) is 2.20. The van der Waals surface area contributed by atoms with E-state index < -0.39 is 36.6 Å². The summed E-state index contributed by atoms with van der Waals surface area (Å²) in [6.45, 7) is 0.994. The van der Waals surface area contributed by atoms with Gasteiger partial charge in [-0.05, 0) is 0 Å². The highest BCUT2D eigenvalue weighted by Crippen LogP contribution is 2.18. The lowest BCUT2D eigenvalue weighted by molar-refractivity contribution is -0.230. The van der Waals surface area contributed by atoms with Gasteiger partial charge in [-0.3, -0.25) is 4.79 Å². The number of ether oxygens (including phenoxy) is 2. The average molecular weight is 221 g/mol. The number of hydrogen-bond donors (Lipinski definition) is 4. The van der Waals surface area contributed by atoms with Gasteiger partial charge in [0.05, 0.1) is 0 Å². The molecule has 5 N–H and O–H groups in total. The van der Waals surface area contributed by atoms with Gasteiger partial charge in [0.2, 0.25) is 0 Å². The van der Waals surface area contributed by atoms with Gasteiger partial charge in [0, 0.05) is 6.92 Å². The van der Waals surface area contributed by atoms with Crippen LogP contribution in [0.15, 0.2) is 0 Å². The Balaban J connectivity index is 2.54. The predicted molar refractivity (Wildman–Crippen MR) is 47.5 cm³/mol. The molecule has 0 amide bonds. The van der Waals surface area contributed by atoms with Crippen LogP contribution in [0.4, 0.5) is 0 Å². The quantitative estimate of drug-likeness (QED) is 0.375. The maximum atomic E-state index is 10.5. The van der Waals surface area contributed by atoms with Crippen LogP contribution >= 0.6 is 0 Å². The van der Waals surface area contributed by atoms with Gasteiger partial charge < -0.3 is 30.5 Å². The minimum absolute atomic E-state index is 0.214. The van der Waals surface area contributed by atoms with Crippen molar-refractivity contribution in [2.45, 2.75) is 37.6 Å². The SMILES string of the molecule is CC(=O)OC[C@H]1OC(N)[C@H](O)[C@@H](O)[C@@H]1O. The number of esters is 1. The molecule has 1 aliphatic rings. The van der Waals surface area contributed by atoms with Crippen LogP contribution in [-0.4, -0.2) is 58.5 Å². The van der Waals surface area contributed by atoms with Gasteiger partial charge in [-0.25, -0.2) is 0 Å². The molecule has 1 rings (SSSR count). The summed E-state index contributed by atoms with van der Waals surface area (Å²) in [5.41, 5.74) is 5.34. The first-order valence-electron chi connectivity index (χ1n) is 4.52. The van der Waals surface area contributed by atoms with E-state index in [1.807, 2.05) is 0 Å². The molecule has 0 aliphatic carbocycles. The van der Waals surface area contributed by atoms with Crippen molar-refractivity contribution in [3.8, 4) is 0 Å². The van der Waals surface area contributed by atoms with Crippen molar-refractivity contribution in [1.29, 1.82) is 0 Å². The molecule has 1 heterocycles. The zero-order valence-electron chi connectivity index (χ0n) is 8.24. The monoisotopic (exact) mass is 221 g/mol. The fourth-order valence-electron chi connectivity index (χ4n) is 1.32. The Bertz CT molecular complexity index is 235.